The van der Waals surface area contributed by atoms with Gasteiger partial charge >= 0.3 is 0 Å². The predicted molar refractivity (Wildman–Crippen MR) is 110 cm³/mol. The van der Waals surface area contributed by atoms with Gasteiger partial charge in [-0.05, 0) is 56.8 Å². The Balaban J connectivity index is 1.28. The van der Waals surface area contributed by atoms with Crippen LogP contribution in [0.4, 0.5) is 5.69 Å². The van der Waals surface area contributed by atoms with Crippen LogP contribution in [0.2, 0.25) is 0 Å². The third-order valence-corrected chi connectivity index (χ3v) is 5.94. The number of para-hydroxylation sites is 1. The molecule has 1 amide bonds. The number of carbonyl (C=O) groups excluding carboxylic acids is 1. The van der Waals surface area contributed by atoms with Gasteiger partial charge in [-0.1, -0.05) is 17.3 Å². The molecule has 7 heteroatoms. The molecule has 3 heterocycles. The summed E-state index contributed by atoms with van der Waals surface area (Å²) in [4.78, 5) is 14.8. The molecule has 152 valence electrons. The Hall–Kier alpha value is -2.85. The van der Waals surface area contributed by atoms with Crippen molar-refractivity contribution in [2.24, 2.45) is 5.92 Å². The molecule has 0 bridgehead atoms. The van der Waals surface area contributed by atoms with Gasteiger partial charge in [0.15, 0.2) is 5.69 Å². The normalized spacial score (nSPS) is 18.4. The van der Waals surface area contributed by atoms with E-state index in [0.29, 0.717) is 17.2 Å². The van der Waals surface area contributed by atoms with Crippen molar-refractivity contribution in [3.05, 3.63) is 47.3 Å². The second kappa shape index (κ2) is 9.10. The summed E-state index contributed by atoms with van der Waals surface area (Å²) in [5.74, 6) is 1.23. The number of piperidine rings is 2. The quantitative estimate of drug-likeness (QED) is 0.811. The van der Waals surface area contributed by atoms with Crippen molar-refractivity contribution in [2.45, 2.75) is 38.1 Å². The van der Waals surface area contributed by atoms with E-state index in [2.05, 4.69) is 26.8 Å². The Labute approximate surface area is 171 Å². The number of nitrogens with one attached hydrogen (secondary N) is 2. The number of nitriles is 1. The largest absolute Gasteiger partial charge is 0.370 e. The maximum Gasteiger partial charge on any atom is 0.273 e. The minimum absolute atomic E-state index is 0.109. The lowest BCUT2D eigenvalue weighted by Crippen LogP contribution is -2.45. The molecular weight excluding hydrogens is 366 g/mol. The topological polar surface area (TPSA) is 94.2 Å². The summed E-state index contributed by atoms with van der Waals surface area (Å²) < 4.78 is 5.41. The molecule has 2 aliphatic rings. The van der Waals surface area contributed by atoms with Gasteiger partial charge in [0.25, 0.3) is 5.91 Å². The summed E-state index contributed by atoms with van der Waals surface area (Å²) >= 11 is 0. The van der Waals surface area contributed by atoms with Crippen LogP contribution in [0.15, 0.2) is 34.9 Å². The fourth-order valence-corrected chi connectivity index (χ4v) is 4.25. The van der Waals surface area contributed by atoms with Crippen LogP contribution in [0.5, 0.6) is 0 Å². The van der Waals surface area contributed by atoms with Crippen molar-refractivity contribution >= 4 is 11.6 Å². The van der Waals surface area contributed by atoms with E-state index in [4.69, 9.17) is 4.52 Å². The molecule has 0 atom stereocenters. The molecule has 0 aliphatic carbocycles. The molecule has 0 unspecified atom stereocenters. The molecule has 2 fully saturated rings. The number of aromatic nitrogens is 1. The van der Waals surface area contributed by atoms with Crippen molar-refractivity contribution in [1.82, 2.24) is 15.8 Å². The average Bonchev–Trinajstić information content (AvgIpc) is 3.24. The van der Waals surface area contributed by atoms with Gasteiger partial charge in [-0.3, -0.25) is 4.79 Å². The van der Waals surface area contributed by atoms with Crippen LogP contribution in [-0.2, 0) is 6.42 Å². The fraction of sp³-hybridized carbons (Fsp3) is 0.500. The zero-order valence-electron chi connectivity index (χ0n) is 16.6. The zero-order valence-corrected chi connectivity index (χ0v) is 16.6. The Morgan fingerprint density at radius 2 is 2.00 bits per heavy atom. The SMILES string of the molecule is N#Cc1ccccc1N1CCC(NC(=O)c2cc(CC3CCNCC3)on2)CC1. The number of amides is 1. The highest BCUT2D eigenvalue weighted by molar-refractivity contribution is 5.92. The standard InChI is InChI=1S/C22H27N5O2/c23-15-17-3-1-2-4-21(17)27-11-7-18(8-12-27)25-22(28)20-14-19(29-26-20)13-16-5-9-24-10-6-16/h1-4,14,16,18,24H,5-13H2,(H,25,28). The minimum Gasteiger partial charge on any atom is -0.370 e. The van der Waals surface area contributed by atoms with E-state index in [-0.39, 0.29) is 11.9 Å². The maximum atomic E-state index is 12.6. The van der Waals surface area contributed by atoms with Crippen molar-refractivity contribution in [3.63, 3.8) is 0 Å². The lowest BCUT2D eigenvalue weighted by atomic mass is 9.93. The van der Waals surface area contributed by atoms with Crippen LogP contribution < -0.4 is 15.5 Å². The summed E-state index contributed by atoms with van der Waals surface area (Å²) in [7, 11) is 0. The van der Waals surface area contributed by atoms with Crippen LogP contribution in [0, 0.1) is 17.2 Å². The van der Waals surface area contributed by atoms with E-state index in [1.54, 1.807) is 6.07 Å². The molecule has 1 aromatic carbocycles. The fourth-order valence-electron chi connectivity index (χ4n) is 4.25. The molecule has 4 rings (SSSR count). The molecule has 2 aliphatic heterocycles. The molecule has 0 radical (unpaired) electrons. The van der Waals surface area contributed by atoms with Crippen LogP contribution in [-0.4, -0.2) is 43.3 Å². The van der Waals surface area contributed by atoms with E-state index < -0.39 is 0 Å². The highest BCUT2D eigenvalue weighted by Crippen LogP contribution is 2.24. The smallest absolute Gasteiger partial charge is 0.273 e. The molecule has 7 nitrogen and oxygen atoms in total. The molecule has 2 saturated heterocycles. The summed E-state index contributed by atoms with van der Waals surface area (Å²) in [6.45, 7) is 3.71. The number of hydrogen-bond donors (Lipinski definition) is 2. The van der Waals surface area contributed by atoms with Gasteiger partial charge in [0.2, 0.25) is 0 Å². The van der Waals surface area contributed by atoms with Gasteiger partial charge in [-0.25, -0.2) is 0 Å². The molecule has 2 aromatic rings. The highest BCUT2D eigenvalue weighted by atomic mass is 16.5. The van der Waals surface area contributed by atoms with Crippen LogP contribution in [0.25, 0.3) is 0 Å². The van der Waals surface area contributed by atoms with E-state index in [9.17, 15) is 10.1 Å². The first-order valence-corrected chi connectivity index (χ1v) is 10.4. The number of hydrogen-bond acceptors (Lipinski definition) is 6. The number of anilines is 1. The summed E-state index contributed by atoms with van der Waals surface area (Å²) in [6.07, 6.45) is 4.79. The highest BCUT2D eigenvalue weighted by Gasteiger charge is 2.24. The summed E-state index contributed by atoms with van der Waals surface area (Å²) in [5, 5.41) is 19.7. The third-order valence-electron chi connectivity index (χ3n) is 5.94. The molecular formula is C22H27N5O2. The number of nitrogens with zero attached hydrogens (tertiary/aromatic N) is 3. The second-order valence-electron chi connectivity index (χ2n) is 7.94. The second-order valence-corrected chi connectivity index (χ2v) is 7.94. The van der Waals surface area contributed by atoms with Crippen LogP contribution >= 0.6 is 0 Å². The van der Waals surface area contributed by atoms with Crippen molar-refractivity contribution in [3.8, 4) is 6.07 Å². The first kappa shape index (κ1) is 19.5. The molecule has 1 aromatic heterocycles. The van der Waals surface area contributed by atoms with Crippen LogP contribution in [0.1, 0.15) is 47.5 Å². The monoisotopic (exact) mass is 393 g/mol. The molecule has 0 spiro atoms. The van der Waals surface area contributed by atoms with Gasteiger partial charge in [0.05, 0.1) is 11.3 Å². The minimum atomic E-state index is -0.166. The summed E-state index contributed by atoms with van der Waals surface area (Å²) in [6, 6.07) is 11.8. The van der Waals surface area contributed by atoms with Gasteiger partial charge in [0, 0.05) is 31.6 Å². The first-order valence-electron chi connectivity index (χ1n) is 10.4. The number of carbonyl (C=O) groups is 1. The van der Waals surface area contributed by atoms with Gasteiger partial charge in [-0.15, -0.1) is 0 Å². The molecule has 0 saturated carbocycles. The van der Waals surface area contributed by atoms with Gasteiger partial charge < -0.3 is 20.1 Å². The lowest BCUT2D eigenvalue weighted by Gasteiger charge is -2.34. The molecule has 29 heavy (non-hydrogen) atoms. The maximum absolute atomic E-state index is 12.6. The van der Waals surface area contributed by atoms with Crippen LogP contribution in [0.3, 0.4) is 0 Å². The Morgan fingerprint density at radius 1 is 1.24 bits per heavy atom. The predicted octanol–water partition coefficient (Wildman–Crippen LogP) is 2.49. The van der Waals surface area contributed by atoms with Crippen molar-refractivity contribution in [2.75, 3.05) is 31.1 Å². The summed E-state index contributed by atoms with van der Waals surface area (Å²) in [5.41, 5.74) is 2.03. The molecule has 2 N–H and O–H groups in total. The third kappa shape index (κ3) is 4.77. The zero-order chi connectivity index (χ0) is 20.1. The number of benzene rings is 1. The first-order chi connectivity index (χ1) is 14.2. The van der Waals surface area contributed by atoms with Crippen molar-refractivity contribution in [1.29, 1.82) is 5.26 Å². The van der Waals surface area contributed by atoms with Crippen molar-refractivity contribution < 1.29 is 9.32 Å². The Kier molecular flexibility index (Phi) is 6.11. The van der Waals surface area contributed by atoms with E-state index >= 15 is 0 Å². The Morgan fingerprint density at radius 3 is 2.76 bits per heavy atom. The van der Waals surface area contributed by atoms with E-state index in [1.165, 1.54) is 0 Å². The van der Waals surface area contributed by atoms with E-state index in [1.807, 2.05) is 24.3 Å². The van der Waals surface area contributed by atoms with Gasteiger partial charge in [-0.2, -0.15) is 5.26 Å². The van der Waals surface area contributed by atoms with Gasteiger partial charge in [0.1, 0.15) is 11.8 Å². The van der Waals surface area contributed by atoms with E-state index in [0.717, 1.165) is 69.7 Å². The number of rotatable bonds is 5. The lowest BCUT2D eigenvalue weighted by molar-refractivity contribution is 0.0922. The average molecular weight is 393 g/mol. The Bertz CT molecular complexity index is 873.